The molecule has 6 heteroatoms. The lowest BCUT2D eigenvalue weighted by Crippen LogP contribution is -2.06. The van der Waals surface area contributed by atoms with E-state index in [2.05, 4.69) is 27.7 Å². The molecule has 1 aromatic carbocycles. The second-order valence-electron chi connectivity index (χ2n) is 4.58. The van der Waals surface area contributed by atoms with Crippen molar-refractivity contribution in [2.75, 3.05) is 7.11 Å². The van der Waals surface area contributed by atoms with E-state index in [-0.39, 0.29) is 17.4 Å². The van der Waals surface area contributed by atoms with Gasteiger partial charge in [0.05, 0.1) is 22.1 Å². The third-order valence-corrected chi connectivity index (χ3v) is 3.92. The molecular weight excluding hydrogens is 374 g/mol. The van der Waals surface area contributed by atoms with E-state index in [1.165, 1.54) is 19.2 Å². The van der Waals surface area contributed by atoms with Gasteiger partial charge in [-0.3, -0.25) is 0 Å². The number of hydrogen-bond acceptors (Lipinski definition) is 3. The molecule has 0 aliphatic rings. The lowest BCUT2D eigenvalue weighted by molar-refractivity contribution is 0.0592. The van der Waals surface area contributed by atoms with Crippen molar-refractivity contribution in [2.45, 2.75) is 19.8 Å². The molecule has 0 N–H and O–H groups in total. The second kappa shape index (κ2) is 5.90. The van der Waals surface area contributed by atoms with E-state index >= 15 is 0 Å². The summed E-state index contributed by atoms with van der Waals surface area (Å²) in [4.78, 5) is 11.7. The summed E-state index contributed by atoms with van der Waals surface area (Å²) in [7, 11) is 1.32. The summed E-state index contributed by atoms with van der Waals surface area (Å²) < 4.78 is 20.2. The Morgan fingerprint density at radius 2 is 1.95 bits per heavy atom. The van der Waals surface area contributed by atoms with Crippen molar-refractivity contribution in [2.24, 2.45) is 0 Å². The molecule has 0 aliphatic carbocycles. The summed E-state index contributed by atoms with van der Waals surface area (Å²) in [6.45, 7) is 4.03. The van der Waals surface area contributed by atoms with Crippen molar-refractivity contribution in [1.29, 1.82) is 0 Å². The van der Waals surface area contributed by atoms with Gasteiger partial charge in [-0.2, -0.15) is 5.10 Å². The minimum absolute atomic E-state index is 0.165. The van der Waals surface area contributed by atoms with Crippen molar-refractivity contribution >= 4 is 28.6 Å². The third kappa shape index (κ3) is 2.70. The van der Waals surface area contributed by atoms with Crippen LogP contribution in [0.5, 0.6) is 0 Å². The Kier molecular flexibility index (Phi) is 4.42. The molecule has 2 rings (SSSR count). The second-order valence-corrected chi connectivity index (χ2v) is 5.66. The third-order valence-electron chi connectivity index (χ3n) is 2.86. The minimum Gasteiger partial charge on any atom is -0.464 e. The Labute approximate surface area is 130 Å². The van der Waals surface area contributed by atoms with Crippen LogP contribution in [0.3, 0.4) is 0 Å². The fraction of sp³-hybridized carbons (Fsp3) is 0.286. The van der Waals surface area contributed by atoms with E-state index in [0.717, 1.165) is 9.26 Å². The topological polar surface area (TPSA) is 44.1 Å². The predicted octanol–water partition coefficient (Wildman–Crippen LogP) is 3.53. The molecule has 0 saturated carbocycles. The van der Waals surface area contributed by atoms with Crippen molar-refractivity contribution < 1.29 is 13.9 Å². The maximum absolute atomic E-state index is 13.0. The van der Waals surface area contributed by atoms with Gasteiger partial charge in [-0.25, -0.2) is 13.9 Å². The van der Waals surface area contributed by atoms with Crippen LogP contribution in [-0.2, 0) is 4.74 Å². The average Bonchev–Trinajstić information content (AvgIpc) is 2.76. The van der Waals surface area contributed by atoms with Gasteiger partial charge in [0, 0.05) is 0 Å². The van der Waals surface area contributed by atoms with Crippen molar-refractivity contribution in [3.63, 3.8) is 0 Å². The first-order valence-corrected chi connectivity index (χ1v) is 7.16. The highest BCUT2D eigenvalue weighted by molar-refractivity contribution is 14.1. The number of rotatable bonds is 3. The normalized spacial score (nSPS) is 10.9. The number of aromatic nitrogens is 2. The predicted molar refractivity (Wildman–Crippen MR) is 81.7 cm³/mol. The Balaban J connectivity index is 2.62. The van der Waals surface area contributed by atoms with Crippen LogP contribution in [-0.4, -0.2) is 22.9 Å². The van der Waals surface area contributed by atoms with Gasteiger partial charge in [-0.05, 0) is 52.8 Å². The van der Waals surface area contributed by atoms with E-state index in [4.69, 9.17) is 4.74 Å². The maximum atomic E-state index is 13.0. The average molecular weight is 388 g/mol. The van der Waals surface area contributed by atoms with Gasteiger partial charge in [-0.1, -0.05) is 13.8 Å². The van der Waals surface area contributed by atoms with Gasteiger partial charge in [0.2, 0.25) is 0 Å². The van der Waals surface area contributed by atoms with E-state index in [1.807, 2.05) is 13.8 Å². The van der Waals surface area contributed by atoms with Gasteiger partial charge < -0.3 is 4.74 Å². The van der Waals surface area contributed by atoms with E-state index in [0.29, 0.717) is 5.69 Å². The molecule has 0 aliphatic heterocycles. The van der Waals surface area contributed by atoms with Crippen LogP contribution in [0, 0.1) is 9.39 Å². The number of methoxy groups -OCH3 is 1. The van der Waals surface area contributed by atoms with Gasteiger partial charge in [0.15, 0.2) is 5.69 Å². The van der Waals surface area contributed by atoms with Gasteiger partial charge in [-0.15, -0.1) is 0 Å². The molecule has 0 atom stereocenters. The number of carbonyl (C=O) groups excluding carboxylic acids is 1. The summed E-state index contributed by atoms with van der Waals surface area (Å²) in [5, 5.41) is 4.31. The van der Waals surface area contributed by atoms with Gasteiger partial charge >= 0.3 is 5.97 Å². The number of benzene rings is 1. The van der Waals surface area contributed by atoms with Crippen LogP contribution < -0.4 is 0 Å². The molecule has 0 amide bonds. The van der Waals surface area contributed by atoms with Crippen LogP contribution in [0.1, 0.15) is 35.9 Å². The minimum atomic E-state index is -0.475. The standard InChI is InChI=1S/C14H14FIN2O2/c1-8(2)13-11(16)12(14(19)20-3)17-18(13)10-6-4-9(15)5-7-10/h4-8H,1-3H3. The first-order chi connectivity index (χ1) is 9.45. The number of ether oxygens (including phenoxy) is 1. The van der Waals surface area contributed by atoms with Crippen LogP contribution in [0.25, 0.3) is 5.69 Å². The zero-order valence-electron chi connectivity index (χ0n) is 11.4. The lowest BCUT2D eigenvalue weighted by atomic mass is 10.1. The Morgan fingerprint density at radius 3 is 2.45 bits per heavy atom. The number of esters is 1. The molecule has 20 heavy (non-hydrogen) atoms. The van der Waals surface area contributed by atoms with Crippen LogP contribution in [0.4, 0.5) is 4.39 Å². The fourth-order valence-electron chi connectivity index (χ4n) is 1.92. The molecule has 4 nitrogen and oxygen atoms in total. The van der Waals surface area contributed by atoms with E-state index in [9.17, 15) is 9.18 Å². The SMILES string of the molecule is COC(=O)c1nn(-c2ccc(F)cc2)c(C(C)C)c1I. The molecule has 0 spiro atoms. The molecule has 0 saturated heterocycles. The lowest BCUT2D eigenvalue weighted by Gasteiger charge is -2.10. The summed E-state index contributed by atoms with van der Waals surface area (Å²) in [5.41, 5.74) is 1.89. The molecule has 0 radical (unpaired) electrons. The largest absolute Gasteiger partial charge is 0.464 e. The molecule has 1 heterocycles. The number of halogens is 2. The molecule has 106 valence electrons. The maximum Gasteiger partial charge on any atom is 0.359 e. The summed E-state index contributed by atoms with van der Waals surface area (Å²) in [6.07, 6.45) is 0. The molecule has 2 aromatic rings. The number of nitrogens with zero attached hydrogens (tertiary/aromatic N) is 2. The molecule has 1 aromatic heterocycles. The first-order valence-electron chi connectivity index (χ1n) is 6.08. The highest BCUT2D eigenvalue weighted by atomic mass is 127. The van der Waals surface area contributed by atoms with E-state index < -0.39 is 5.97 Å². The Bertz CT molecular complexity index is 635. The zero-order chi connectivity index (χ0) is 14.9. The monoisotopic (exact) mass is 388 g/mol. The quantitative estimate of drug-likeness (QED) is 0.597. The van der Waals surface area contributed by atoms with Gasteiger partial charge in [0.25, 0.3) is 0 Å². The van der Waals surface area contributed by atoms with Crippen LogP contribution >= 0.6 is 22.6 Å². The number of carbonyl (C=O) groups is 1. The summed E-state index contributed by atoms with van der Waals surface area (Å²) >= 11 is 2.09. The van der Waals surface area contributed by atoms with E-state index in [1.54, 1.807) is 16.8 Å². The zero-order valence-corrected chi connectivity index (χ0v) is 13.5. The fourth-order valence-corrected chi connectivity index (χ4v) is 3.10. The highest BCUT2D eigenvalue weighted by Crippen LogP contribution is 2.27. The summed E-state index contributed by atoms with van der Waals surface area (Å²) in [5.74, 6) is -0.620. The van der Waals surface area contributed by atoms with Crippen molar-refractivity contribution in [3.05, 3.63) is 45.0 Å². The summed E-state index contributed by atoms with van der Waals surface area (Å²) in [6, 6.07) is 5.99. The molecular formula is C14H14FIN2O2. The molecule has 0 bridgehead atoms. The molecule has 0 fully saturated rings. The van der Waals surface area contributed by atoms with Crippen molar-refractivity contribution in [1.82, 2.24) is 9.78 Å². The van der Waals surface area contributed by atoms with Crippen LogP contribution in [0.2, 0.25) is 0 Å². The smallest absolute Gasteiger partial charge is 0.359 e. The highest BCUT2D eigenvalue weighted by Gasteiger charge is 2.24. The first kappa shape index (κ1) is 15.0. The van der Waals surface area contributed by atoms with Gasteiger partial charge in [0.1, 0.15) is 5.82 Å². The number of hydrogen-bond donors (Lipinski definition) is 0. The molecule has 0 unspecified atom stereocenters. The Hall–Kier alpha value is -1.44. The van der Waals surface area contributed by atoms with Crippen molar-refractivity contribution in [3.8, 4) is 5.69 Å². The van der Waals surface area contributed by atoms with Crippen LogP contribution in [0.15, 0.2) is 24.3 Å². The Morgan fingerprint density at radius 1 is 1.35 bits per heavy atom.